The van der Waals surface area contributed by atoms with Crippen molar-refractivity contribution in [2.75, 3.05) is 13.1 Å². The molecule has 7 heteroatoms. The molecular weight excluding hydrogens is 380 g/mol. The minimum atomic E-state index is -0.165. The lowest BCUT2D eigenvalue weighted by Crippen LogP contribution is -2.38. The van der Waals surface area contributed by atoms with Crippen LogP contribution < -0.4 is 5.56 Å². The fourth-order valence-electron chi connectivity index (χ4n) is 4.08. The van der Waals surface area contributed by atoms with Crippen LogP contribution in [0.15, 0.2) is 57.7 Å². The van der Waals surface area contributed by atoms with Crippen LogP contribution in [-0.2, 0) is 11.2 Å². The van der Waals surface area contributed by atoms with Crippen LogP contribution in [0.1, 0.15) is 36.9 Å². The number of piperidine rings is 1. The Morgan fingerprint density at radius 2 is 1.77 bits per heavy atom. The summed E-state index contributed by atoms with van der Waals surface area (Å²) < 4.78 is 5.90. The normalized spacial score (nSPS) is 15.1. The summed E-state index contributed by atoms with van der Waals surface area (Å²) in [7, 11) is 0. The van der Waals surface area contributed by atoms with E-state index < -0.39 is 0 Å². The number of H-pyrrole nitrogens is 1. The Kier molecular flexibility index (Phi) is 4.78. The van der Waals surface area contributed by atoms with Crippen LogP contribution in [0, 0.1) is 0 Å². The summed E-state index contributed by atoms with van der Waals surface area (Å²) in [6.45, 7) is 1.37. The number of benzene rings is 2. The highest BCUT2D eigenvalue weighted by atomic mass is 16.3. The molecule has 3 heterocycles. The Balaban J connectivity index is 1.19. The quantitative estimate of drug-likeness (QED) is 0.565. The number of oxazole rings is 1. The van der Waals surface area contributed by atoms with Crippen LogP contribution in [0.2, 0.25) is 0 Å². The number of fused-ring (bicyclic) bond motifs is 2. The van der Waals surface area contributed by atoms with E-state index in [0.29, 0.717) is 42.7 Å². The molecule has 0 bridgehead atoms. The van der Waals surface area contributed by atoms with Crippen molar-refractivity contribution in [3.8, 4) is 0 Å². The van der Waals surface area contributed by atoms with E-state index in [1.54, 1.807) is 6.07 Å². The second kappa shape index (κ2) is 7.74. The first-order valence-electron chi connectivity index (χ1n) is 10.3. The molecule has 1 aliphatic heterocycles. The van der Waals surface area contributed by atoms with Crippen molar-refractivity contribution in [3.63, 3.8) is 0 Å². The standard InChI is InChI=1S/C23H22N4O3/c28-21(10-9-20-24-17-6-2-1-5-16(17)22(29)26-20)27-13-11-15(12-14-27)23-25-18-7-3-4-8-19(18)30-23/h1-8,15H,9-14H2,(H,24,26,29). The lowest BCUT2D eigenvalue weighted by molar-refractivity contribution is -0.132. The maximum atomic E-state index is 12.7. The summed E-state index contributed by atoms with van der Waals surface area (Å²) in [5, 5.41) is 0.564. The van der Waals surface area contributed by atoms with E-state index in [1.807, 2.05) is 47.4 Å². The minimum Gasteiger partial charge on any atom is -0.440 e. The molecule has 2 aromatic heterocycles. The average Bonchev–Trinajstić information content (AvgIpc) is 3.22. The van der Waals surface area contributed by atoms with Crippen molar-refractivity contribution in [3.05, 3.63) is 70.6 Å². The first-order chi connectivity index (χ1) is 14.7. The Morgan fingerprint density at radius 1 is 1.03 bits per heavy atom. The molecule has 0 aliphatic carbocycles. The van der Waals surface area contributed by atoms with Crippen molar-refractivity contribution < 1.29 is 9.21 Å². The zero-order valence-corrected chi connectivity index (χ0v) is 16.5. The number of nitrogens with zero attached hydrogens (tertiary/aromatic N) is 3. The number of rotatable bonds is 4. The second-order valence-electron chi connectivity index (χ2n) is 7.70. The maximum absolute atomic E-state index is 12.7. The highest BCUT2D eigenvalue weighted by Crippen LogP contribution is 2.30. The van der Waals surface area contributed by atoms with E-state index in [-0.39, 0.29) is 17.4 Å². The van der Waals surface area contributed by atoms with E-state index in [1.165, 1.54) is 0 Å². The summed E-state index contributed by atoms with van der Waals surface area (Å²) in [6, 6.07) is 15.0. The number of aryl methyl sites for hydroxylation is 1. The SMILES string of the molecule is O=C(CCc1nc2ccccc2c(=O)[nH]1)N1CCC(c2nc3ccccc3o2)CC1. The molecule has 0 atom stereocenters. The molecule has 1 amide bonds. The molecule has 0 saturated carbocycles. The molecule has 2 aromatic carbocycles. The Bertz CT molecular complexity index is 1240. The van der Waals surface area contributed by atoms with Crippen LogP contribution in [0.25, 0.3) is 22.0 Å². The molecule has 0 unspecified atom stereocenters. The van der Waals surface area contributed by atoms with Crippen molar-refractivity contribution in [1.82, 2.24) is 19.9 Å². The third-order valence-electron chi connectivity index (χ3n) is 5.74. The predicted octanol–water partition coefficient (Wildman–Crippen LogP) is 3.40. The van der Waals surface area contributed by atoms with Crippen LogP contribution in [0.5, 0.6) is 0 Å². The van der Waals surface area contributed by atoms with E-state index >= 15 is 0 Å². The van der Waals surface area contributed by atoms with Gasteiger partial charge in [-0.05, 0) is 37.1 Å². The highest BCUT2D eigenvalue weighted by molar-refractivity contribution is 5.78. The molecule has 30 heavy (non-hydrogen) atoms. The zero-order valence-electron chi connectivity index (χ0n) is 16.5. The largest absolute Gasteiger partial charge is 0.440 e. The first-order valence-corrected chi connectivity index (χ1v) is 10.3. The summed E-state index contributed by atoms with van der Waals surface area (Å²) in [5.74, 6) is 1.64. The number of hydrogen-bond donors (Lipinski definition) is 1. The molecule has 1 fully saturated rings. The summed E-state index contributed by atoms with van der Waals surface area (Å²) >= 11 is 0. The zero-order chi connectivity index (χ0) is 20.5. The van der Waals surface area contributed by atoms with Crippen molar-refractivity contribution in [2.45, 2.75) is 31.6 Å². The summed E-state index contributed by atoms with van der Waals surface area (Å²) in [4.78, 5) is 38.6. The van der Waals surface area contributed by atoms with Gasteiger partial charge >= 0.3 is 0 Å². The van der Waals surface area contributed by atoms with Crippen molar-refractivity contribution >= 4 is 27.9 Å². The molecule has 0 spiro atoms. The topological polar surface area (TPSA) is 92.1 Å². The molecule has 1 N–H and O–H groups in total. The monoisotopic (exact) mass is 402 g/mol. The predicted molar refractivity (Wildman–Crippen MR) is 113 cm³/mol. The lowest BCUT2D eigenvalue weighted by atomic mass is 9.96. The molecule has 1 saturated heterocycles. The van der Waals surface area contributed by atoms with Crippen LogP contribution in [0.4, 0.5) is 0 Å². The van der Waals surface area contributed by atoms with Gasteiger partial charge in [-0.3, -0.25) is 9.59 Å². The van der Waals surface area contributed by atoms with Gasteiger partial charge in [0.25, 0.3) is 5.56 Å². The Labute approximate surface area is 172 Å². The van der Waals surface area contributed by atoms with Crippen LogP contribution >= 0.6 is 0 Å². The first kappa shape index (κ1) is 18.5. The van der Waals surface area contributed by atoms with Gasteiger partial charge in [-0.25, -0.2) is 9.97 Å². The van der Waals surface area contributed by atoms with Crippen LogP contribution in [-0.4, -0.2) is 38.8 Å². The fourth-order valence-corrected chi connectivity index (χ4v) is 4.08. The number of para-hydroxylation sites is 3. The van der Waals surface area contributed by atoms with Crippen molar-refractivity contribution in [2.24, 2.45) is 0 Å². The molecule has 5 rings (SSSR count). The van der Waals surface area contributed by atoms with Gasteiger partial charge in [0.05, 0.1) is 10.9 Å². The smallest absolute Gasteiger partial charge is 0.258 e. The fraction of sp³-hybridized carbons (Fsp3) is 0.304. The average molecular weight is 402 g/mol. The maximum Gasteiger partial charge on any atom is 0.258 e. The number of likely N-dealkylation sites (tertiary alicyclic amines) is 1. The van der Waals surface area contributed by atoms with E-state index in [4.69, 9.17) is 4.42 Å². The van der Waals surface area contributed by atoms with Crippen LogP contribution in [0.3, 0.4) is 0 Å². The van der Waals surface area contributed by atoms with Gasteiger partial charge in [0.15, 0.2) is 11.5 Å². The minimum absolute atomic E-state index is 0.0850. The van der Waals surface area contributed by atoms with Gasteiger partial charge in [0.2, 0.25) is 5.91 Å². The third-order valence-corrected chi connectivity index (χ3v) is 5.74. The molecule has 152 valence electrons. The lowest BCUT2D eigenvalue weighted by Gasteiger charge is -2.30. The van der Waals surface area contributed by atoms with E-state index in [9.17, 15) is 9.59 Å². The number of amides is 1. The Morgan fingerprint density at radius 3 is 2.57 bits per heavy atom. The third kappa shape index (κ3) is 3.58. The highest BCUT2D eigenvalue weighted by Gasteiger charge is 2.27. The number of hydrogen-bond acceptors (Lipinski definition) is 5. The second-order valence-corrected chi connectivity index (χ2v) is 7.70. The van der Waals surface area contributed by atoms with Gasteiger partial charge < -0.3 is 14.3 Å². The number of carbonyl (C=O) groups is 1. The summed E-state index contributed by atoms with van der Waals surface area (Å²) in [6.07, 6.45) is 2.42. The summed E-state index contributed by atoms with van der Waals surface area (Å²) in [5.41, 5.74) is 2.18. The Hall–Kier alpha value is -3.48. The number of nitrogens with one attached hydrogen (secondary N) is 1. The molecule has 1 aliphatic rings. The van der Waals surface area contributed by atoms with E-state index in [2.05, 4.69) is 15.0 Å². The van der Waals surface area contributed by atoms with Gasteiger partial charge in [0.1, 0.15) is 11.3 Å². The van der Waals surface area contributed by atoms with Gasteiger partial charge in [-0.15, -0.1) is 0 Å². The molecule has 4 aromatic rings. The van der Waals surface area contributed by atoms with Crippen molar-refractivity contribution in [1.29, 1.82) is 0 Å². The van der Waals surface area contributed by atoms with Gasteiger partial charge in [0, 0.05) is 31.8 Å². The molecule has 0 radical (unpaired) electrons. The molecule has 7 nitrogen and oxygen atoms in total. The molecular formula is C23H22N4O3. The number of aromatic nitrogens is 3. The van der Waals surface area contributed by atoms with Gasteiger partial charge in [-0.2, -0.15) is 0 Å². The number of aromatic amines is 1. The number of carbonyl (C=O) groups excluding carboxylic acids is 1. The van der Waals surface area contributed by atoms with Gasteiger partial charge in [-0.1, -0.05) is 24.3 Å². The van der Waals surface area contributed by atoms with E-state index in [0.717, 1.165) is 29.8 Å².